The molecule has 9 heteroatoms. The molecule has 0 saturated carbocycles. The first-order valence-electron chi connectivity index (χ1n) is 9.30. The maximum Gasteiger partial charge on any atom is 0.167 e. The van der Waals surface area contributed by atoms with Gasteiger partial charge in [0.2, 0.25) is 0 Å². The maximum atomic E-state index is 13.0. The van der Waals surface area contributed by atoms with Gasteiger partial charge in [0.25, 0.3) is 0 Å². The number of anilines is 2. The summed E-state index contributed by atoms with van der Waals surface area (Å²) in [5.41, 5.74) is 7.37. The lowest BCUT2D eigenvalue weighted by atomic mass is 10.2. The van der Waals surface area contributed by atoms with E-state index in [4.69, 9.17) is 20.2 Å². The SMILES string of the molecule is C[C@@H]1COCCN1c1cc(N=[S@@](C)(=O)C2COC2)nc(-c2cccc(N)c2)n1. The van der Waals surface area contributed by atoms with Crippen molar-refractivity contribution in [2.24, 2.45) is 4.36 Å². The second-order valence-corrected chi connectivity index (χ2v) is 9.83. The summed E-state index contributed by atoms with van der Waals surface area (Å²) in [4.78, 5) is 11.5. The third-order valence-corrected chi connectivity index (χ3v) is 7.07. The van der Waals surface area contributed by atoms with E-state index in [2.05, 4.69) is 21.2 Å². The maximum absolute atomic E-state index is 13.0. The fourth-order valence-corrected chi connectivity index (χ4v) is 4.53. The number of nitrogen functional groups attached to an aromatic ring is 1. The van der Waals surface area contributed by atoms with E-state index in [1.165, 1.54) is 0 Å². The molecule has 0 unspecified atom stereocenters. The molecule has 2 aromatic rings. The van der Waals surface area contributed by atoms with Crippen molar-refractivity contribution < 1.29 is 13.7 Å². The molecule has 0 aliphatic carbocycles. The molecule has 2 aliphatic heterocycles. The minimum absolute atomic E-state index is 0.0657. The molecule has 2 fully saturated rings. The van der Waals surface area contributed by atoms with Crippen LogP contribution in [-0.4, -0.2) is 64.7 Å². The average Bonchev–Trinajstić information content (AvgIpc) is 2.59. The van der Waals surface area contributed by atoms with Gasteiger partial charge in [-0.2, -0.15) is 4.36 Å². The van der Waals surface area contributed by atoms with Crippen molar-refractivity contribution >= 4 is 27.1 Å². The summed E-state index contributed by atoms with van der Waals surface area (Å²) < 4.78 is 28.3. The zero-order chi connectivity index (χ0) is 19.7. The predicted molar refractivity (Wildman–Crippen MR) is 110 cm³/mol. The van der Waals surface area contributed by atoms with Crippen molar-refractivity contribution in [3.05, 3.63) is 30.3 Å². The van der Waals surface area contributed by atoms with Gasteiger partial charge in [0.15, 0.2) is 11.6 Å². The highest BCUT2D eigenvalue weighted by Crippen LogP contribution is 2.28. The number of ether oxygens (including phenoxy) is 2. The molecule has 3 heterocycles. The Morgan fingerprint density at radius 1 is 1.21 bits per heavy atom. The second kappa shape index (κ2) is 7.65. The summed E-state index contributed by atoms with van der Waals surface area (Å²) in [6.45, 7) is 5.03. The number of hydrogen-bond acceptors (Lipinski definition) is 8. The normalized spacial score (nSPS) is 22.4. The molecular weight excluding hydrogens is 378 g/mol. The molecule has 2 N–H and O–H groups in total. The highest BCUT2D eigenvalue weighted by molar-refractivity contribution is 7.93. The minimum Gasteiger partial charge on any atom is -0.399 e. The van der Waals surface area contributed by atoms with Crippen molar-refractivity contribution in [1.82, 2.24) is 9.97 Å². The molecule has 0 amide bonds. The number of benzene rings is 1. The van der Waals surface area contributed by atoms with Crippen LogP contribution >= 0.6 is 0 Å². The van der Waals surface area contributed by atoms with Gasteiger partial charge < -0.3 is 20.1 Å². The smallest absolute Gasteiger partial charge is 0.167 e. The van der Waals surface area contributed by atoms with Crippen LogP contribution in [0, 0.1) is 0 Å². The van der Waals surface area contributed by atoms with E-state index < -0.39 is 9.73 Å². The van der Waals surface area contributed by atoms with Gasteiger partial charge >= 0.3 is 0 Å². The third kappa shape index (κ3) is 3.96. The molecule has 8 nitrogen and oxygen atoms in total. The van der Waals surface area contributed by atoms with Crippen LogP contribution < -0.4 is 10.6 Å². The van der Waals surface area contributed by atoms with Gasteiger partial charge in [0.1, 0.15) is 5.82 Å². The van der Waals surface area contributed by atoms with E-state index in [0.717, 1.165) is 17.9 Å². The second-order valence-electron chi connectivity index (χ2n) is 7.26. The first-order valence-corrected chi connectivity index (χ1v) is 11.3. The van der Waals surface area contributed by atoms with E-state index in [1.807, 2.05) is 24.3 Å². The Morgan fingerprint density at radius 2 is 2.04 bits per heavy atom. The molecule has 2 saturated heterocycles. The van der Waals surface area contributed by atoms with Gasteiger partial charge in [0, 0.05) is 30.1 Å². The Labute approximate surface area is 165 Å². The van der Waals surface area contributed by atoms with Crippen molar-refractivity contribution in [1.29, 1.82) is 0 Å². The summed E-state index contributed by atoms with van der Waals surface area (Å²) in [7, 11) is -2.45. The van der Waals surface area contributed by atoms with Crippen LogP contribution in [-0.2, 0) is 19.2 Å². The molecule has 0 spiro atoms. The van der Waals surface area contributed by atoms with Gasteiger partial charge in [-0.25, -0.2) is 14.2 Å². The van der Waals surface area contributed by atoms with E-state index in [1.54, 1.807) is 12.3 Å². The molecule has 0 radical (unpaired) electrons. The lowest BCUT2D eigenvalue weighted by Crippen LogP contribution is -2.44. The molecule has 4 rings (SSSR count). The average molecular weight is 404 g/mol. The summed E-state index contributed by atoms with van der Waals surface area (Å²) >= 11 is 0. The number of nitrogens with zero attached hydrogens (tertiary/aromatic N) is 4. The Hall–Kier alpha value is -2.23. The lowest BCUT2D eigenvalue weighted by Gasteiger charge is -2.34. The van der Waals surface area contributed by atoms with E-state index in [0.29, 0.717) is 43.8 Å². The fourth-order valence-electron chi connectivity index (χ4n) is 3.22. The molecule has 1 aromatic heterocycles. The van der Waals surface area contributed by atoms with Crippen LogP contribution in [0.25, 0.3) is 11.4 Å². The molecule has 150 valence electrons. The molecule has 2 aliphatic rings. The monoisotopic (exact) mass is 403 g/mol. The fraction of sp³-hybridized carbons (Fsp3) is 0.474. The van der Waals surface area contributed by atoms with E-state index >= 15 is 0 Å². The topological polar surface area (TPSA) is 103 Å². The summed E-state index contributed by atoms with van der Waals surface area (Å²) in [6.07, 6.45) is 1.67. The molecular formula is C19H25N5O3S. The van der Waals surface area contributed by atoms with E-state index in [-0.39, 0.29) is 11.3 Å². The van der Waals surface area contributed by atoms with Gasteiger partial charge in [-0.3, -0.25) is 0 Å². The van der Waals surface area contributed by atoms with Gasteiger partial charge in [-0.05, 0) is 19.1 Å². The third-order valence-electron chi connectivity index (χ3n) is 5.01. The Kier molecular flexibility index (Phi) is 5.22. The van der Waals surface area contributed by atoms with Gasteiger partial charge in [0.05, 0.1) is 47.4 Å². The van der Waals surface area contributed by atoms with Crippen LogP contribution in [0.15, 0.2) is 34.7 Å². The number of hydrogen-bond donors (Lipinski definition) is 1. The zero-order valence-corrected chi connectivity index (χ0v) is 16.9. The lowest BCUT2D eigenvalue weighted by molar-refractivity contribution is 0.0431. The van der Waals surface area contributed by atoms with Crippen LogP contribution in [0.1, 0.15) is 6.92 Å². The minimum atomic E-state index is -2.45. The molecule has 28 heavy (non-hydrogen) atoms. The molecule has 2 atom stereocenters. The van der Waals surface area contributed by atoms with Gasteiger partial charge in [-0.1, -0.05) is 12.1 Å². The largest absolute Gasteiger partial charge is 0.399 e. The number of rotatable bonds is 4. The standard InChI is InChI=1S/C19H25N5O3S/c1-13-10-26-7-6-24(13)18-9-17(23-28(2,25)16-11-27-12-16)21-19(22-18)14-4-3-5-15(20)8-14/h3-5,8-9,13,16H,6-7,10-12,20H2,1-2H3/t13-,28+/m1/s1. The van der Waals surface area contributed by atoms with Crippen molar-refractivity contribution in [3.8, 4) is 11.4 Å². The van der Waals surface area contributed by atoms with Crippen molar-refractivity contribution in [3.63, 3.8) is 0 Å². The highest BCUT2D eigenvalue weighted by atomic mass is 32.2. The summed E-state index contributed by atoms with van der Waals surface area (Å²) in [5.74, 6) is 1.69. The quantitative estimate of drug-likeness (QED) is 0.780. The number of aromatic nitrogens is 2. The Balaban J connectivity index is 1.81. The van der Waals surface area contributed by atoms with Gasteiger partial charge in [-0.15, -0.1) is 0 Å². The molecule has 1 aromatic carbocycles. The van der Waals surface area contributed by atoms with Crippen LogP contribution in [0.5, 0.6) is 0 Å². The number of nitrogens with two attached hydrogens (primary N) is 1. The first kappa shape index (κ1) is 19.1. The summed E-state index contributed by atoms with van der Waals surface area (Å²) in [5, 5.41) is -0.0657. The van der Waals surface area contributed by atoms with Crippen LogP contribution in [0.3, 0.4) is 0 Å². The van der Waals surface area contributed by atoms with Crippen LogP contribution in [0.2, 0.25) is 0 Å². The first-order chi connectivity index (χ1) is 13.4. The Morgan fingerprint density at radius 3 is 2.71 bits per heavy atom. The zero-order valence-electron chi connectivity index (χ0n) is 16.1. The van der Waals surface area contributed by atoms with Crippen molar-refractivity contribution in [2.75, 3.05) is 49.9 Å². The predicted octanol–water partition coefficient (Wildman–Crippen LogP) is 2.08. The summed E-state index contributed by atoms with van der Waals surface area (Å²) in [6, 6.07) is 9.40. The van der Waals surface area contributed by atoms with Crippen molar-refractivity contribution in [2.45, 2.75) is 18.2 Å². The molecule has 0 bridgehead atoms. The number of morpholine rings is 1. The van der Waals surface area contributed by atoms with Crippen LogP contribution in [0.4, 0.5) is 17.3 Å². The highest BCUT2D eigenvalue weighted by Gasteiger charge is 2.28. The Bertz CT molecular complexity index is 985. The van der Waals surface area contributed by atoms with E-state index in [9.17, 15) is 4.21 Å².